The number of hydrogen-bond donors (Lipinski definition) is 1. The van der Waals surface area contributed by atoms with Gasteiger partial charge in [0.1, 0.15) is 11.6 Å². The van der Waals surface area contributed by atoms with E-state index in [1.165, 1.54) is 25.3 Å². The Balaban J connectivity index is 1.71. The molecular formula is C21H21FN2O6. The lowest BCUT2D eigenvalue weighted by Crippen LogP contribution is -2.37. The van der Waals surface area contributed by atoms with Crippen molar-refractivity contribution in [2.75, 3.05) is 19.0 Å². The minimum Gasteiger partial charge on any atom is -0.495 e. The number of hydrogen-bond acceptors (Lipinski definition) is 6. The third-order valence-corrected chi connectivity index (χ3v) is 5.24. The Hall–Kier alpha value is -3.49. The third kappa shape index (κ3) is 4.24. The first-order chi connectivity index (χ1) is 14.4. The fourth-order valence-electron chi connectivity index (χ4n) is 3.77. The number of nitrogens with zero attached hydrogens (tertiary/aromatic N) is 1. The summed E-state index contributed by atoms with van der Waals surface area (Å²) in [5.41, 5.74) is -0.993. The maximum atomic E-state index is 14.4. The molecule has 0 bridgehead atoms. The number of nitrogens with one attached hydrogen (secondary N) is 1. The summed E-state index contributed by atoms with van der Waals surface area (Å²) >= 11 is 0. The van der Waals surface area contributed by atoms with Crippen LogP contribution in [0.4, 0.5) is 15.8 Å². The first-order valence-corrected chi connectivity index (χ1v) is 9.42. The molecule has 0 aliphatic heterocycles. The molecule has 1 amide bonds. The van der Waals surface area contributed by atoms with Crippen molar-refractivity contribution in [1.29, 1.82) is 0 Å². The molecule has 1 saturated carbocycles. The summed E-state index contributed by atoms with van der Waals surface area (Å²) in [6.07, 6.45) is 2.38. The number of rotatable bonds is 7. The Bertz CT molecular complexity index is 972. The quantitative estimate of drug-likeness (QED) is 0.419. The average Bonchev–Trinajstić information content (AvgIpc) is 3.23. The molecule has 1 fully saturated rings. The Labute approximate surface area is 172 Å². The van der Waals surface area contributed by atoms with Gasteiger partial charge < -0.3 is 14.8 Å². The van der Waals surface area contributed by atoms with Crippen LogP contribution >= 0.6 is 0 Å². The number of esters is 1. The highest BCUT2D eigenvalue weighted by Crippen LogP contribution is 2.43. The summed E-state index contributed by atoms with van der Waals surface area (Å²) in [6.45, 7) is -0.610. The number of nitro benzene ring substituents is 1. The standard InChI is InChI=1S/C21H21FN2O6/c1-29-18-9-8-14(24(27)28)12-17(18)23-19(25)13-30-20(26)21(10-4-5-11-21)15-6-2-3-7-16(15)22/h2-3,6-9,12H,4-5,10-11,13H2,1H3,(H,23,25). The number of carbonyl (C=O) groups is 2. The summed E-state index contributed by atoms with van der Waals surface area (Å²) in [5, 5.41) is 13.4. The number of benzene rings is 2. The van der Waals surface area contributed by atoms with Gasteiger partial charge in [-0.1, -0.05) is 31.0 Å². The molecule has 9 heteroatoms. The molecule has 158 valence electrons. The van der Waals surface area contributed by atoms with Crippen molar-refractivity contribution in [2.24, 2.45) is 0 Å². The second-order valence-electron chi connectivity index (χ2n) is 7.04. The summed E-state index contributed by atoms with van der Waals surface area (Å²) in [5.74, 6) is -1.61. The normalized spacial score (nSPS) is 14.7. The van der Waals surface area contributed by atoms with E-state index in [0.717, 1.165) is 18.9 Å². The molecule has 0 saturated heterocycles. The Morgan fingerprint density at radius 1 is 1.20 bits per heavy atom. The van der Waals surface area contributed by atoms with Gasteiger partial charge >= 0.3 is 5.97 Å². The van der Waals surface area contributed by atoms with Crippen LogP contribution in [-0.4, -0.2) is 30.5 Å². The van der Waals surface area contributed by atoms with Gasteiger partial charge in [-0.25, -0.2) is 4.39 Å². The number of halogens is 1. The van der Waals surface area contributed by atoms with Crippen molar-refractivity contribution in [1.82, 2.24) is 0 Å². The van der Waals surface area contributed by atoms with Gasteiger partial charge in [-0.05, 0) is 25.0 Å². The number of amides is 1. The summed E-state index contributed by atoms with van der Waals surface area (Å²) in [4.78, 5) is 35.5. The molecule has 1 N–H and O–H groups in total. The van der Waals surface area contributed by atoms with Gasteiger partial charge in [-0.3, -0.25) is 19.7 Å². The summed E-state index contributed by atoms with van der Waals surface area (Å²) < 4.78 is 24.7. The van der Waals surface area contributed by atoms with Gasteiger partial charge in [0.05, 0.1) is 23.1 Å². The first-order valence-electron chi connectivity index (χ1n) is 9.42. The van der Waals surface area contributed by atoms with Gasteiger partial charge in [0, 0.05) is 17.7 Å². The van der Waals surface area contributed by atoms with E-state index in [0.29, 0.717) is 12.8 Å². The van der Waals surface area contributed by atoms with E-state index < -0.39 is 34.6 Å². The Morgan fingerprint density at radius 3 is 2.53 bits per heavy atom. The zero-order chi connectivity index (χ0) is 21.7. The number of anilines is 1. The second kappa shape index (κ2) is 8.89. The molecule has 8 nitrogen and oxygen atoms in total. The molecule has 2 aromatic rings. The molecule has 2 aromatic carbocycles. The van der Waals surface area contributed by atoms with Gasteiger partial charge in [-0.2, -0.15) is 0 Å². The van der Waals surface area contributed by atoms with E-state index in [1.54, 1.807) is 18.2 Å². The molecule has 3 rings (SSSR count). The monoisotopic (exact) mass is 416 g/mol. The van der Waals surface area contributed by atoms with E-state index in [2.05, 4.69) is 5.32 Å². The largest absolute Gasteiger partial charge is 0.495 e. The van der Waals surface area contributed by atoms with Crippen LogP contribution in [0.2, 0.25) is 0 Å². The van der Waals surface area contributed by atoms with Gasteiger partial charge in [-0.15, -0.1) is 0 Å². The number of ether oxygens (including phenoxy) is 2. The molecule has 30 heavy (non-hydrogen) atoms. The Kier molecular flexibility index (Phi) is 6.29. The highest BCUT2D eigenvalue weighted by atomic mass is 19.1. The van der Waals surface area contributed by atoms with Crippen molar-refractivity contribution < 1.29 is 28.4 Å². The molecule has 0 radical (unpaired) electrons. The molecule has 0 aromatic heterocycles. The van der Waals surface area contributed by atoms with Crippen LogP contribution in [0.25, 0.3) is 0 Å². The molecule has 0 heterocycles. The lowest BCUT2D eigenvalue weighted by atomic mass is 9.78. The van der Waals surface area contributed by atoms with Crippen LogP contribution in [0.3, 0.4) is 0 Å². The van der Waals surface area contributed by atoms with Crippen molar-refractivity contribution in [3.05, 3.63) is 64.0 Å². The summed E-state index contributed by atoms with van der Waals surface area (Å²) in [7, 11) is 1.36. The zero-order valence-corrected chi connectivity index (χ0v) is 16.4. The van der Waals surface area contributed by atoms with Crippen LogP contribution < -0.4 is 10.1 Å². The molecule has 0 atom stereocenters. The van der Waals surface area contributed by atoms with Crippen LogP contribution in [0.15, 0.2) is 42.5 Å². The smallest absolute Gasteiger partial charge is 0.317 e. The van der Waals surface area contributed by atoms with Crippen molar-refractivity contribution >= 4 is 23.3 Å². The third-order valence-electron chi connectivity index (χ3n) is 5.24. The van der Waals surface area contributed by atoms with Crippen molar-refractivity contribution in [2.45, 2.75) is 31.1 Å². The number of methoxy groups -OCH3 is 1. The predicted octanol–water partition coefficient (Wildman–Crippen LogP) is 3.74. The van der Waals surface area contributed by atoms with Crippen LogP contribution in [0.1, 0.15) is 31.2 Å². The van der Waals surface area contributed by atoms with E-state index in [1.807, 2.05) is 0 Å². The van der Waals surface area contributed by atoms with Crippen LogP contribution in [0, 0.1) is 15.9 Å². The highest BCUT2D eigenvalue weighted by Gasteiger charge is 2.46. The fraction of sp³-hybridized carbons (Fsp3) is 0.333. The first kappa shape index (κ1) is 21.2. The molecule has 0 unspecified atom stereocenters. The Morgan fingerprint density at radius 2 is 1.90 bits per heavy atom. The van der Waals surface area contributed by atoms with Crippen LogP contribution in [0.5, 0.6) is 5.75 Å². The number of nitro groups is 1. The van der Waals surface area contributed by atoms with Gasteiger partial charge in [0.15, 0.2) is 6.61 Å². The number of carbonyl (C=O) groups excluding carboxylic acids is 2. The lowest BCUT2D eigenvalue weighted by molar-refractivity contribution is -0.384. The van der Waals surface area contributed by atoms with Gasteiger partial charge in [0.2, 0.25) is 0 Å². The van der Waals surface area contributed by atoms with Crippen molar-refractivity contribution in [3.8, 4) is 5.75 Å². The maximum absolute atomic E-state index is 14.4. The van der Waals surface area contributed by atoms with E-state index >= 15 is 0 Å². The maximum Gasteiger partial charge on any atom is 0.317 e. The molecule has 1 aliphatic carbocycles. The van der Waals surface area contributed by atoms with Gasteiger partial charge in [0.25, 0.3) is 11.6 Å². The molecular weight excluding hydrogens is 395 g/mol. The fourth-order valence-corrected chi connectivity index (χ4v) is 3.77. The SMILES string of the molecule is COc1ccc([N+](=O)[O-])cc1NC(=O)COC(=O)C1(c2ccccc2F)CCCC1. The second-order valence-corrected chi connectivity index (χ2v) is 7.04. The highest BCUT2D eigenvalue weighted by molar-refractivity contribution is 5.95. The minimum atomic E-state index is -1.12. The van der Waals surface area contributed by atoms with E-state index in [9.17, 15) is 24.1 Å². The molecule has 0 spiro atoms. The zero-order valence-electron chi connectivity index (χ0n) is 16.4. The topological polar surface area (TPSA) is 108 Å². The number of non-ortho nitro benzene ring substituents is 1. The molecule has 1 aliphatic rings. The van der Waals surface area contributed by atoms with Crippen molar-refractivity contribution in [3.63, 3.8) is 0 Å². The van der Waals surface area contributed by atoms with E-state index in [4.69, 9.17) is 9.47 Å². The van der Waals surface area contributed by atoms with E-state index in [-0.39, 0.29) is 22.7 Å². The average molecular weight is 416 g/mol. The van der Waals surface area contributed by atoms with Crippen LogP contribution in [-0.2, 0) is 19.7 Å². The lowest BCUT2D eigenvalue weighted by Gasteiger charge is -2.27. The summed E-state index contributed by atoms with van der Waals surface area (Å²) in [6, 6.07) is 9.81. The predicted molar refractivity (Wildman–Crippen MR) is 106 cm³/mol. The minimum absolute atomic E-state index is 0.0810.